The number of hydrogen-bond acceptors (Lipinski definition) is 5. The van der Waals surface area contributed by atoms with Crippen molar-refractivity contribution in [2.24, 2.45) is 5.92 Å². The second kappa shape index (κ2) is 6.31. The number of carbonyl (C=O) groups excluding carboxylic acids is 1. The van der Waals surface area contributed by atoms with E-state index in [-0.39, 0.29) is 36.0 Å². The summed E-state index contributed by atoms with van der Waals surface area (Å²) < 4.78 is 0. The SMILES string of the molecule is [B][C@]12CC(N(C)c3ncnc4[nH]ccc34)C[C@H]1CN(C(=O)CCC#N)C2. The molecular formula is C18H21BN6O. The topological polar surface area (TPSA) is 88.9 Å². The van der Waals surface area contributed by atoms with Crippen molar-refractivity contribution in [2.45, 2.75) is 37.0 Å². The molecule has 1 aliphatic heterocycles. The van der Waals surface area contributed by atoms with E-state index in [1.165, 1.54) is 0 Å². The first kappa shape index (κ1) is 16.9. The average molecular weight is 348 g/mol. The minimum absolute atomic E-state index is 0.0421. The summed E-state index contributed by atoms with van der Waals surface area (Å²) in [5, 5.41) is 9.32. The monoisotopic (exact) mass is 348 g/mol. The molecule has 1 aliphatic carbocycles. The maximum Gasteiger partial charge on any atom is 0.223 e. The van der Waals surface area contributed by atoms with Crippen LogP contribution in [-0.4, -0.2) is 59.8 Å². The number of carbonyl (C=O) groups is 1. The Bertz CT molecular complexity index is 876. The molecule has 7 nitrogen and oxygen atoms in total. The lowest BCUT2D eigenvalue weighted by molar-refractivity contribution is -0.130. The molecule has 2 radical (unpaired) electrons. The van der Waals surface area contributed by atoms with Gasteiger partial charge >= 0.3 is 0 Å². The minimum Gasteiger partial charge on any atom is -0.356 e. The summed E-state index contributed by atoms with van der Waals surface area (Å²) in [7, 11) is 8.75. The third-order valence-electron chi connectivity index (χ3n) is 5.93. The zero-order valence-electron chi connectivity index (χ0n) is 14.9. The van der Waals surface area contributed by atoms with Gasteiger partial charge in [0.1, 0.15) is 17.8 Å². The highest BCUT2D eigenvalue weighted by Crippen LogP contribution is 2.53. The van der Waals surface area contributed by atoms with Gasteiger partial charge in [0.05, 0.1) is 19.3 Å². The van der Waals surface area contributed by atoms with Crippen LogP contribution in [0.5, 0.6) is 0 Å². The van der Waals surface area contributed by atoms with Crippen LogP contribution in [0.25, 0.3) is 11.0 Å². The number of aromatic amines is 1. The first-order valence-electron chi connectivity index (χ1n) is 8.96. The summed E-state index contributed by atoms with van der Waals surface area (Å²) in [6, 6.07) is 4.31. The van der Waals surface area contributed by atoms with Crippen LogP contribution in [0.4, 0.5) is 5.82 Å². The molecule has 3 heterocycles. The zero-order chi connectivity index (χ0) is 18.3. The predicted molar refractivity (Wildman–Crippen MR) is 98.7 cm³/mol. The molecule has 3 atom stereocenters. The molecule has 1 saturated heterocycles. The highest BCUT2D eigenvalue weighted by atomic mass is 16.2. The van der Waals surface area contributed by atoms with Crippen molar-refractivity contribution in [2.75, 3.05) is 25.0 Å². The van der Waals surface area contributed by atoms with E-state index in [1.54, 1.807) is 6.33 Å². The van der Waals surface area contributed by atoms with Crippen molar-refractivity contribution < 1.29 is 4.79 Å². The molecule has 0 aromatic carbocycles. The van der Waals surface area contributed by atoms with E-state index in [4.69, 9.17) is 13.1 Å². The summed E-state index contributed by atoms with van der Waals surface area (Å²) in [6.45, 7) is 1.27. The Balaban J connectivity index is 1.47. The molecule has 1 N–H and O–H groups in total. The number of anilines is 1. The molecule has 0 spiro atoms. The van der Waals surface area contributed by atoms with E-state index in [9.17, 15) is 4.79 Å². The Hall–Kier alpha value is -2.56. The van der Waals surface area contributed by atoms with Crippen LogP contribution in [0.1, 0.15) is 25.7 Å². The van der Waals surface area contributed by atoms with Crippen LogP contribution in [0.3, 0.4) is 0 Å². The maximum atomic E-state index is 12.2. The van der Waals surface area contributed by atoms with Crippen LogP contribution in [0, 0.1) is 17.2 Å². The number of likely N-dealkylation sites (tertiary alicyclic amines) is 1. The second-order valence-electron chi connectivity index (χ2n) is 7.50. The first-order chi connectivity index (χ1) is 12.5. The molecule has 1 amide bonds. The predicted octanol–water partition coefficient (Wildman–Crippen LogP) is 1.65. The Morgan fingerprint density at radius 2 is 2.42 bits per heavy atom. The molecule has 1 saturated carbocycles. The van der Waals surface area contributed by atoms with Crippen molar-refractivity contribution in [3.63, 3.8) is 0 Å². The number of fused-ring (bicyclic) bond motifs is 2. The van der Waals surface area contributed by atoms with Gasteiger partial charge in [-0.15, -0.1) is 0 Å². The molecule has 0 bridgehead atoms. The van der Waals surface area contributed by atoms with Gasteiger partial charge in [0.2, 0.25) is 5.91 Å². The van der Waals surface area contributed by atoms with E-state index < -0.39 is 0 Å². The standard InChI is InChI=1S/C18H21BN6O/c1-24(17-14-4-6-21-16(14)22-11-23-17)13-7-12-9-25(10-18(12,19)8-13)15(26)3-2-5-20/h4,6,11-13H,2-3,7-10H2,1H3,(H,21,22,23)/t12-,13?,18-/m0/s1. The molecule has 1 unspecified atom stereocenters. The Kier molecular flexibility index (Phi) is 4.10. The first-order valence-corrected chi connectivity index (χ1v) is 8.96. The quantitative estimate of drug-likeness (QED) is 0.849. The summed E-state index contributed by atoms with van der Waals surface area (Å²) >= 11 is 0. The van der Waals surface area contributed by atoms with Crippen LogP contribution < -0.4 is 4.90 Å². The Morgan fingerprint density at radius 1 is 1.58 bits per heavy atom. The van der Waals surface area contributed by atoms with Crippen molar-refractivity contribution >= 4 is 30.6 Å². The van der Waals surface area contributed by atoms with Crippen molar-refractivity contribution in [3.8, 4) is 6.07 Å². The number of nitrogens with one attached hydrogen (secondary N) is 1. The van der Waals surface area contributed by atoms with Gasteiger partial charge in [-0.1, -0.05) is 0 Å². The molecule has 8 heteroatoms. The van der Waals surface area contributed by atoms with Crippen LogP contribution in [-0.2, 0) is 4.79 Å². The molecule has 4 rings (SSSR count). The summed E-state index contributed by atoms with van der Waals surface area (Å²) in [5.74, 6) is 1.23. The Labute approximate surface area is 153 Å². The Morgan fingerprint density at radius 3 is 3.19 bits per heavy atom. The van der Waals surface area contributed by atoms with E-state index in [2.05, 4.69) is 26.9 Å². The fourth-order valence-corrected chi connectivity index (χ4v) is 4.51. The molecule has 2 aliphatic rings. The van der Waals surface area contributed by atoms with Gasteiger partial charge in [-0.3, -0.25) is 4.79 Å². The third kappa shape index (κ3) is 2.72. The lowest BCUT2D eigenvalue weighted by Gasteiger charge is -2.30. The highest BCUT2D eigenvalue weighted by molar-refractivity contribution is 6.16. The number of amides is 1. The third-order valence-corrected chi connectivity index (χ3v) is 5.93. The number of nitrogens with zero attached hydrogens (tertiary/aromatic N) is 5. The summed E-state index contributed by atoms with van der Waals surface area (Å²) in [4.78, 5) is 28.1. The van der Waals surface area contributed by atoms with Gasteiger partial charge in [0.15, 0.2) is 0 Å². The number of aromatic nitrogens is 3. The molecule has 132 valence electrons. The minimum atomic E-state index is -0.356. The van der Waals surface area contributed by atoms with Crippen molar-refractivity contribution in [3.05, 3.63) is 18.6 Å². The van der Waals surface area contributed by atoms with Crippen molar-refractivity contribution in [1.29, 1.82) is 5.26 Å². The average Bonchev–Trinajstić information content (AvgIpc) is 3.30. The van der Waals surface area contributed by atoms with Gasteiger partial charge in [-0.25, -0.2) is 9.97 Å². The maximum absolute atomic E-state index is 12.2. The van der Waals surface area contributed by atoms with Gasteiger partial charge in [0, 0.05) is 45.2 Å². The lowest BCUT2D eigenvalue weighted by Crippen LogP contribution is -2.35. The van der Waals surface area contributed by atoms with E-state index in [0.717, 1.165) is 29.7 Å². The lowest BCUT2D eigenvalue weighted by atomic mass is 9.64. The van der Waals surface area contributed by atoms with Crippen LogP contribution in [0.2, 0.25) is 5.31 Å². The van der Waals surface area contributed by atoms with Gasteiger partial charge in [0.25, 0.3) is 0 Å². The number of H-pyrrole nitrogens is 1. The summed E-state index contributed by atoms with van der Waals surface area (Å²) in [5.41, 5.74) is 0.830. The number of rotatable bonds is 4. The smallest absolute Gasteiger partial charge is 0.223 e. The van der Waals surface area contributed by atoms with E-state index in [1.807, 2.05) is 23.2 Å². The highest BCUT2D eigenvalue weighted by Gasteiger charge is 2.51. The summed E-state index contributed by atoms with van der Waals surface area (Å²) in [6.07, 6.45) is 5.76. The molecule has 26 heavy (non-hydrogen) atoms. The molecule has 2 aromatic heterocycles. The van der Waals surface area contributed by atoms with Crippen LogP contribution in [0.15, 0.2) is 18.6 Å². The van der Waals surface area contributed by atoms with Gasteiger partial charge < -0.3 is 14.8 Å². The number of nitriles is 1. The number of hydrogen-bond donors (Lipinski definition) is 1. The van der Waals surface area contributed by atoms with E-state index in [0.29, 0.717) is 13.1 Å². The van der Waals surface area contributed by atoms with Crippen LogP contribution >= 0.6 is 0 Å². The van der Waals surface area contributed by atoms with Gasteiger partial charge in [-0.05, 0) is 30.1 Å². The largest absolute Gasteiger partial charge is 0.356 e. The van der Waals surface area contributed by atoms with E-state index >= 15 is 0 Å². The molecular weight excluding hydrogens is 327 g/mol. The van der Waals surface area contributed by atoms with Crippen molar-refractivity contribution in [1.82, 2.24) is 19.9 Å². The molecule has 2 aromatic rings. The second-order valence-corrected chi connectivity index (χ2v) is 7.50. The fraction of sp³-hybridized carbons (Fsp3) is 0.556. The molecule has 2 fully saturated rings. The normalized spacial score (nSPS) is 27.5. The fourth-order valence-electron chi connectivity index (χ4n) is 4.51. The zero-order valence-corrected chi connectivity index (χ0v) is 14.9. The van der Waals surface area contributed by atoms with Gasteiger partial charge in [-0.2, -0.15) is 5.26 Å².